The predicted molar refractivity (Wildman–Crippen MR) is 114 cm³/mol. The minimum Gasteiger partial charge on any atom is -0.378 e. The van der Waals surface area contributed by atoms with Crippen LogP contribution in [0.2, 0.25) is 0 Å². The van der Waals surface area contributed by atoms with Gasteiger partial charge in [0.2, 0.25) is 5.95 Å². The van der Waals surface area contributed by atoms with Crippen LogP contribution < -0.4 is 5.32 Å². The molecule has 0 aliphatic carbocycles. The number of anilines is 2. The van der Waals surface area contributed by atoms with Crippen LogP contribution in [-0.4, -0.2) is 55.6 Å². The van der Waals surface area contributed by atoms with Crippen LogP contribution in [0.5, 0.6) is 0 Å². The molecule has 2 atom stereocenters. The van der Waals surface area contributed by atoms with E-state index in [1.807, 2.05) is 12.1 Å². The second-order valence-electron chi connectivity index (χ2n) is 8.27. The first-order valence-electron chi connectivity index (χ1n) is 10.8. The highest BCUT2D eigenvalue weighted by atomic mass is 19.1. The van der Waals surface area contributed by atoms with Gasteiger partial charge < -0.3 is 15.0 Å². The average molecular weight is 423 g/mol. The summed E-state index contributed by atoms with van der Waals surface area (Å²) >= 11 is 0. The maximum absolute atomic E-state index is 14.5. The first-order valence-corrected chi connectivity index (χ1v) is 10.8. The van der Waals surface area contributed by atoms with Crippen LogP contribution in [0.3, 0.4) is 0 Å². The van der Waals surface area contributed by atoms with E-state index in [1.54, 1.807) is 12.4 Å². The summed E-state index contributed by atoms with van der Waals surface area (Å²) in [5.74, 6) is 0.939. The summed E-state index contributed by atoms with van der Waals surface area (Å²) in [4.78, 5) is 23.0. The monoisotopic (exact) mass is 423 g/mol. The molecule has 3 aromatic heterocycles. The minimum absolute atomic E-state index is 0.193. The summed E-state index contributed by atoms with van der Waals surface area (Å²) in [6.07, 6.45) is 7.82. The zero-order chi connectivity index (χ0) is 21.2. The van der Waals surface area contributed by atoms with Crippen molar-refractivity contribution < 1.29 is 9.13 Å². The molecule has 0 aromatic carbocycles. The summed E-state index contributed by atoms with van der Waals surface area (Å²) in [6, 6.07) is 3.93. The molecular formula is C22H26FN7O. The quantitative estimate of drug-likeness (QED) is 0.625. The van der Waals surface area contributed by atoms with Crippen LogP contribution in [-0.2, 0) is 11.3 Å². The molecule has 2 unspecified atom stereocenters. The normalized spacial score (nSPS) is 21.6. The summed E-state index contributed by atoms with van der Waals surface area (Å²) in [5, 5.41) is 3.11. The summed E-state index contributed by atoms with van der Waals surface area (Å²) in [5.41, 5.74) is 2.52. The third kappa shape index (κ3) is 4.57. The second-order valence-corrected chi connectivity index (χ2v) is 8.27. The Kier molecular flexibility index (Phi) is 5.61. The Bertz CT molecular complexity index is 1030. The highest BCUT2D eigenvalue weighted by Gasteiger charge is 2.24. The van der Waals surface area contributed by atoms with E-state index in [9.17, 15) is 4.39 Å². The maximum Gasteiger partial charge on any atom is 0.228 e. The van der Waals surface area contributed by atoms with E-state index in [-0.39, 0.29) is 17.7 Å². The van der Waals surface area contributed by atoms with Gasteiger partial charge in [-0.15, -0.1) is 0 Å². The highest BCUT2D eigenvalue weighted by molar-refractivity contribution is 5.59. The molecule has 2 aliphatic rings. The van der Waals surface area contributed by atoms with Crippen molar-refractivity contribution in [3.05, 3.63) is 48.1 Å². The minimum atomic E-state index is -0.496. The number of aromatic nitrogens is 5. The fourth-order valence-electron chi connectivity index (χ4n) is 4.02. The van der Waals surface area contributed by atoms with Crippen molar-refractivity contribution in [2.24, 2.45) is 0 Å². The van der Waals surface area contributed by atoms with Gasteiger partial charge in [0.05, 0.1) is 41.8 Å². The van der Waals surface area contributed by atoms with Gasteiger partial charge in [0.25, 0.3) is 0 Å². The first-order chi connectivity index (χ1) is 15.1. The number of hydrogen-bond acceptors (Lipinski definition) is 7. The molecule has 5 heterocycles. The van der Waals surface area contributed by atoms with Crippen molar-refractivity contribution in [3.63, 3.8) is 0 Å². The van der Waals surface area contributed by atoms with Crippen molar-refractivity contribution in [1.82, 2.24) is 29.8 Å². The lowest BCUT2D eigenvalue weighted by molar-refractivity contribution is 0.0174. The Morgan fingerprint density at radius 1 is 1.19 bits per heavy atom. The number of halogens is 1. The fraction of sp³-hybridized carbons (Fsp3) is 0.455. The van der Waals surface area contributed by atoms with E-state index in [0.29, 0.717) is 18.2 Å². The van der Waals surface area contributed by atoms with Gasteiger partial charge in [-0.2, -0.15) is 0 Å². The number of nitrogens with zero attached hydrogens (tertiary/aromatic N) is 5. The molecule has 0 saturated carbocycles. The lowest BCUT2D eigenvalue weighted by Gasteiger charge is -2.30. The van der Waals surface area contributed by atoms with Gasteiger partial charge in [0, 0.05) is 19.1 Å². The molecular weight excluding hydrogens is 397 g/mol. The SMILES string of the molecule is CC1CC(c2ncc(-c3nc(Nc4ccc(CN5CCC5)nc4)ncc3F)[nH]2)CCO1. The lowest BCUT2D eigenvalue weighted by Crippen LogP contribution is -2.36. The molecule has 2 N–H and O–H groups in total. The second kappa shape index (κ2) is 8.68. The third-order valence-corrected chi connectivity index (χ3v) is 5.88. The zero-order valence-electron chi connectivity index (χ0n) is 17.5. The van der Waals surface area contributed by atoms with Crippen molar-refractivity contribution in [1.29, 1.82) is 0 Å². The maximum atomic E-state index is 14.5. The van der Waals surface area contributed by atoms with Crippen molar-refractivity contribution in [3.8, 4) is 11.4 Å². The molecule has 5 rings (SSSR count). The molecule has 162 valence electrons. The van der Waals surface area contributed by atoms with Gasteiger partial charge >= 0.3 is 0 Å². The van der Waals surface area contributed by atoms with Crippen LogP contribution >= 0.6 is 0 Å². The standard InChI is InChI=1S/C22H26FN7O/c1-14-9-15(5-8-31-14)21-25-12-19(28-21)20-18(23)11-26-22(29-20)27-16-3-4-17(24-10-16)13-30-6-2-7-30/h3-4,10-12,14-15H,2,5-9,13H2,1H3,(H,25,28)(H,26,27,29). The fourth-order valence-corrected chi connectivity index (χ4v) is 4.02. The van der Waals surface area contributed by atoms with E-state index in [0.717, 1.165) is 49.7 Å². The van der Waals surface area contributed by atoms with Crippen molar-refractivity contribution >= 4 is 11.6 Å². The Morgan fingerprint density at radius 2 is 2.10 bits per heavy atom. The molecule has 3 aromatic rings. The van der Waals surface area contributed by atoms with Gasteiger partial charge in [-0.05, 0) is 51.4 Å². The van der Waals surface area contributed by atoms with Gasteiger partial charge in [0.1, 0.15) is 11.5 Å². The van der Waals surface area contributed by atoms with Gasteiger partial charge in [0.15, 0.2) is 5.82 Å². The van der Waals surface area contributed by atoms with E-state index < -0.39 is 5.82 Å². The zero-order valence-corrected chi connectivity index (χ0v) is 17.5. The number of pyridine rings is 1. The molecule has 0 amide bonds. The van der Waals surface area contributed by atoms with Gasteiger partial charge in [-0.3, -0.25) is 9.88 Å². The molecule has 0 radical (unpaired) electrons. The number of hydrogen-bond donors (Lipinski definition) is 2. The first kappa shape index (κ1) is 20.0. The Morgan fingerprint density at radius 3 is 2.84 bits per heavy atom. The topological polar surface area (TPSA) is 91.9 Å². The molecule has 31 heavy (non-hydrogen) atoms. The Hall–Kier alpha value is -2.91. The smallest absolute Gasteiger partial charge is 0.228 e. The van der Waals surface area contributed by atoms with E-state index in [1.165, 1.54) is 12.6 Å². The number of rotatable bonds is 6. The van der Waals surface area contributed by atoms with Crippen LogP contribution in [0.1, 0.15) is 43.6 Å². The largest absolute Gasteiger partial charge is 0.378 e. The summed E-state index contributed by atoms with van der Waals surface area (Å²) in [7, 11) is 0. The van der Waals surface area contributed by atoms with Crippen LogP contribution in [0.4, 0.5) is 16.0 Å². The molecule has 0 spiro atoms. The van der Waals surface area contributed by atoms with E-state index >= 15 is 0 Å². The molecule has 8 nitrogen and oxygen atoms in total. The van der Waals surface area contributed by atoms with E-state index in [2.05, 4.69) is 42.1 Å². The predicted octanol–water partition coefficient (Wildman–Crippen LogP) is 3.63. The average Bonchev–Trinajstić information content (AvgIpc) is 3.23. The number of aromatic amines is 1. The van der Waals surface area contributed by atoms with Crippen LogP contribution in [0.15, 0.2) is 30.7 Å². The molecule has 9 heteroatoms. The number of nitrogens with one attached hydrogen (secondary N) is 2. The molecule has 0 bridgehead atoms. The molecule has 2 saturated heterocycles. The summed E-state index contributed by atoms with van der Waals surface area (Å²) < 4.78 is 20.1. The molecule has 2 aliphatic heterocycles. The molecule has 2 fully saturated rings. The summed E-state index contributed by atoms with van der Waals surface area (Å²) in [6.45, 7) is 5.91. The number of ether oxygens (including phenoxy) is 1. The van der Waals surface area contributed by atoms with Crippen LogP contribution in [0.25, 0.3) is 11.4 Å². The van der Waals surface area contributed by atoms with Gasteiger partial charge in [-0.25, -0.2) is 19.3 Å². The third-order valence-electron chi connectivity index (χ3n) is 5.88. The van der Waals surface area contributed by atoms with Crippen molar-refractivity contribution in [2.75, 3.05) is 25.0 Å². The van der Waals surface area contributed by atoms with Crippen molar-refractivity contribution in [2.45, 2.75) is 44.8 Å². The number of imidazole rings is 1. The number of H-pyrrole nitrogens is 1. The van der Waals surface area contributed by atoms with Gasteiger partial charge in [-0.1, -0.05) is 0 Å². The lowest BCUT2D eigenvalue weighted by atomic mass is 9.96. The Balaban J connectivity index is 1.30. The van der Waals surface area contributed by atoms with Crippen LogP contribution in [0, 0.1) is 5.82 Å². The number of likely N-dealkylation sites (tertiary alicyclic amines) is 1. The highest BCUT2D eigenvalue weighted by Crippen LogP contribution is 2.30. The van der Waals surface area contributed by atoms with E-state index in [4.69, 9.17) is 4.74 Å². The Labute approximate surface area is 180 Å².